The molecule has 8 nitrogen and oxygen atoms in total. The highest BCUT2D eigenvalue weighted by atomic mass is 31.2. The Labute approximate surface area is 258 Å². The average Bonchev–Trinajstić information content (AvgIpc) is 2.97. The van der Waals surface area contributed by atoms with Crippen LogP contribution in [0, 0.1) is 0 Å². The number of unbranched alkanes of at least 4 members (excludes halogenated alkanes) is 18. The standard InChI is InChI=1S/C33H66NO7P/c1-3-5-7-9-11-12-13-14-15-16-17-18-19-20-22-24-26-33(35)41-32(31-40-42(36,37)39-29-27-34)30-38-28-25-23-21-10-8-6-4-2/h15-16,32H,3-14,17-31,34H2,1-2H3,(H,36,37)/b16-15-. The minimum Gasteiger partial charge on any atom is -0.457 e. The molecule has 0 heterocycles. The van der Waals surface area contributed by atoms with Gasteiger partial charge in [0.05, 0.1) is 19.8 Å². The summed E-state index contributed by atoms with van der Waals surface area (Å²) in [6.45, 7) is 4.87. The van der Waals surface area contributed by atoms with Gasteiger partial charge in [0.2, 0.25) is 0 Å². The molecule has 0 rings (SSSR count). The Morgan fingerprint density at radius 1 is 0.690 bits per heavy atom. The Morgan fingerprint density at radius 2 is 1.19 bits per heavy atom. The number of carbonyl (C=O) groups excluding carboxylic acids is 1. The number of hydrogen-bond donors (Lipinski definition) is 2. The third-order valence-corrected chi connectivity index (χ3v) is 8.17. The predicted molar refractivity (Wildman–Crippen MR) is 174 cm³/mol. The fourth-order valence-electron chi connectivity index (χ4n) is 4.64. The highest BCUT2D eigenvalue weighted by Gasteiger charge is 2.25. The molecule has 0 fully saturated rings. The van der Waals surface area contributed by atoms with Gasteiger partial charge in [0.15, 0.2) is 0 Å². The van der Waals surface area contributed by atoms with Crippen molar-refractivity contribution in [3.05, 3.63) is 12.2 Å². The highest BCUT2D eigenvalue weighted by Crippen LogP contribution is 2.43. The van der Waals surface area contributed by atoms with Crippen LogP contribution in [0.25, 0.3) is 0 Å². The molecule has 0 aliphatic rings. The molecule has 3 N–H and O–H groups in total. The van der Waals surface area contributed by atoms with Crippen molar-refractivity contribution in [1.82, 2.24) is 0 Å². The third kappa shape index (κ3) is 30.7. The molecule has 0 aromatic carbocycles. The molecule has 250 valence electrons. The summed E-state index contributed by atoms with van der Waals surface area (Å²) >= 11 is 0. The number of phosphoric acid groups is 1. The monoisotopic (exact) mass is 619 g/mol. The van der Waals surface area contributed by atoms with Crippen LogP contribution >= 0.6 is 7.82 Å². The van der Waals surface area contributed by atoms with Crippen molar-refractivity contribution in [2.75, 3.05) is 33.0 Å². The van der Waals surface area contributed by atoms with Gasteiger partial charge in [-0.2, -0.15) is 0 Å². The quantitative estimate of drug-likeness (QED) is 0.0323. The van der Waals surface area contributed by atoms with Crippen LogP contribution < -0.4 is 5.73 Å². The number of phosphoric ester groups is 1. The molecule has 0 aliphatic carbocycles. The summed E-state index contributed by atoms with van der Waals surface area (Å²) in [7, 11) is -4.26. The van der Waals surface area contributed by atoms with Crippen molar-refractivity contribution < 1.29 is 32.8 Å². The van der Waals surface area contributed by atoms with Gasteiger partial charge in [0.1, 0.15) is 6.10 Å². The van der Waals surface area contributed by atoms with Crippen LogP contribution in [0.5, 0.6) is 0 Å². The molecule has 42 heavy (non-hydrogen) atoms. The van der Waals surface area contributed by atoms with E-state index in [1.165, 1.54) is 89.9 Å². The predicted octanol–water partition coefficient (Wildman–Crippen LogP) is 9.19. The molecule has 9 heteroatoms. The van der Waals surface area contributed by atoms with Gasteiger partial charge in [-0.1, -0.05) is 122 Å². The van der Waals surface area contributed by atoms with Crippen molar-refractivity contribution in [1.29, 1.82) is 0 Å². The van der Waals surface area contributed by atoms with Crippen molar-refractivity contribution >= 4 is 13.8 Å². The smallest absolute Gasteiger partial charge is 0.457 e. The van der Waals surface area contributed by atoms with E-state index in [4.69, 9.17) is 24.3 Å². The van der Waals surface area contributed by atoms with Crippen molar-refractivity contribution in [2.45, 2.75) is 161 Å². The number of esters is 1. The third-order valence-electron chi connectivity index (χ3n) is 7.18. The van der Waals surface area contributed by atoms with E-state index in [2.05, 4.69) is 26.0 Å². The Bertz CT molecular complexity index is 662. The first-order valence-electron chi connectivity index (χ1n) is 17.2. The van der Waals surface area contributed by atoms with E-state index in [9.17, 15) is 14.3 Å². The number of hydrogen-bond acceptors (Lipinski definition) is 7. The van der Waals surface area contributed by atoms with E-state index >= 15 is 0 Å². The van der Waals surface area contributed by atoms with Gasteiger partial charge in [-0.25, -0.2) is 4.57 Å². The lowest BCUT2D eigenvalue weighted by Gasteiger charge is -2.20. The SMILES string of the molecule is CCCCCCCCC/C=C\CCCCCCCC(=O)OC(COCCCCCCCCC)COP(=O)(O)OCCN. The maximum Gasteiger partial charge on any atom is 0.472 e. The zero-order chi connectivity index (χ0) is 31.0. The van der Waals surface area contributed by atoms with Crippen LogP contribution in [-0.2, 0) is 27.9 Å². The maximum absolute atomic E-state index is 12.4. The second kappa shape index (κ2) is 31.7. The van der Waals surface area contributed by atoms with Gasteiger partial charge in [-0.15, -0.1) is 0 Å². The summed E-state index contributed by atoms with van der Waals surface area (Å²) < 4.78 is 33.0. The van der Waals surface area contributed by atoms with Crippen molar-refractivity contribution in [3.8, 4) is 0 Å². The van der Waals surface area contributed by atoms with Gasteiger partial charge < -0.3 is 20.1 Å². The molecule has 2 atom stereocenters. The molecule has 0 spiro atoms. The van der Waals surface area contributed by atoms with Crippen molar-refractivity contribution in [2.24, 2.45) is 5.73 Å². The first kappa shape index (κ1) is 41.2. The molecule has 0 aromatic rings. The normalized spacial score (nSPS) is 13.9. The lowest BCUT2D eigenvalue weighted by Crippen LogP contribution is -2.28. The molecule has 0 saturated carbocycles. The number of carbonyl (C=O) groups is 1. The number of rotatable bonds is 33. The van der Waals surface area contributed by atoms with Gasteiger partial charge in [-0.05, 0) is 38.5 Å². The van der Waals surface area contributed by atoms with Gasteiger partial charge in [-0.3, -0.25) is 13.8 Å². The molecule has 0 saturated heterocycles. The Kier molecular flexibility index (Phi) is 31.1. The number of ether oxygens (including phenoxy) is 2. The number of allylic oxidation sites excluding steroid dienone is 2. The van der Waals surface area contributed by atoms with Crippen molar-refractivity contribution in [3.63, 3.8) is 0 Å². The molecule has 2 unspecified atom stereocenters. The van der Waals surface area contributed by atoms with E-state index < -0.39 is 13.9 Å². The average molecular weight is 620 g/mol. The van der Waals surface area contributed by atoms with E-state index in [-0.39, 0.29) is 32.3 Å². The Morgan fingerprint density at radius 3 is 1.74 bits per heavy atom. The highest BCUT2D eigenvalue weighted by molar-refractivity contribution is 7.47. The Balaban J connectivity index is 4.07. The van der Waals surface area contributed by atoms with Crippen LogP contribution in [0.1, 0.15) is 155 Å². The molecular formula is C33H66NO7P. The lowest BCUT2D eigenvalue weighted by molar-refractivity contribution is -0.154. The van der Waals surface area contributed by atoms with E-state index in [0.29, 0.717) is 13.0 Å². The van der Waals surface area contributed by atoms with E-state index in [1.807, 2.05) is 0 Å². The number of nitrogens with two attached hydrogens (primary N) is 1. The van der Waals surface area contributed by atoms with Gasteiger partial charge in [0, 0.05) is 19.6 Å². The summed E-state index contributed by atoms with van der Waals surface area (Å²) in [6, 6.07) is 0. The summed E-state index contributed by atoms with van der Waals surface area (Å²) in [5.41, 5.74) is 5.33. The fraction of sp³-hybridized carbons (Fsp3) is 0.909. The second-order valence-electron chi connectivity index (χ2n) is 11.4. The first-order valence-corrected chi connectivity index (χ1v) is 18.7. The van der Waals surface area contributed by atoms with Crippen LogP contribution in [0.3, 0.4) is 0 Å². The molecule has 0 bridgehead atoms. The van der Waals surface area contributed by atoms with Gasteiger partial charge in [0.25, 0.3) is 0 Å². The summed E-state index contributed by atoms with van der Waals surface area (Å²) in [5, 5.41) is 0. The maximum atomic E-state index is 12.4. The summed E-state index contributed by atoms with van der Waals surface area (Å²) in [6.07, 6.45) is 29.4. The molecule has 0 amide bonds. The molecule has 0 aromatic heterocycles. The molecule has 0 radical (unpaired) electrons. The largest absolute Gasteiger partial charge is 0.472 e. The van der Waals surface area contributed by atoms with Crippen LogP contribution in [0.4, 0.5) is 0 Å². The summed E-state index contributed by atoms with van der Waals surface area (Å²) in [5.74, 6) is -0.341. The first-order chi connectivity index (χ1) is 20.4. The Hall–Kier alpha value is -0.760. The lowest BCUT2D eigenvalue weighted by atomic mass is 10.1. The van der Waals surface area contributed by atoms with E-state index in [1.54, 1.807) is 0 Å². The minimum atomic E-state index is -4.26. The van der Waals surface area contributed by atoms with Crippen LogP contribution in [0.15, 0.2) is 12.2 Å². The molecule has 0 aliphatic heterocycles. The van der Waals surface area contributed by atoms with Gasteiger partial charge >= 0.3 is 13.8 Å². The zero-order valence-electron chi connectivity index (χ0n) is 27.2. The zero-order valence-corrected chi connectivity index (χ0v) is 28.1. The van der Waals surface area contributed by atoms with Crippen LogP contribution in [0.2, 0.25) is 0 Å². The fourth-order valence-corrected chi connectivity index (χ4v) is 5.40. The second-order valence-corrected chi connectivity index (χ2v) is 12.8. The minimum absolute atomic E-state index is 0.0947. The van der Waals surface area contributed by atoms with Crippen LogP contribution in [-0.4, -0.2) is 49.9 Å². The van der Waals surface area contributed by atoms with E-state index in [0.717, 1.165) is 44.9 Å². The topological polar surface area (TPSA) is 117 Å². The molecular weight excluding hydrogens is 553 g/mol. The summed E-state index contributed by atoms with van der Waals surface area (Å²) in [4.78, 5) is 22.2.